The molecule has 0 aromatic rings. The van der Waals surface area contributed by atoms with Crippen LogP contribution in [0.3, 0.4) is 0 Å². The van der Waals surface area contributed by atoms with Crippen LogP contribution in [-0.4, -0.2) is 5.71 Å². The summed E-state index contributed by atoms with van der Waals surface area (Å²) in [5.41, 5.74) is 5.51. The van der Waals surface area contributed by atoms with Crippen molar-refractivity contribution in [2.24, 2.45) is 5.73 Å². The Bertz CT molecular complexity index is 157. The Labute approximate surface area is 47.9 Å². The predicted octanol–water partition coefficient (Wildman–Crippen LogP) is 0.392. The van der Waals surface area contributed by atoms with E-state index in [4.69, 9.17) is 16.4 Å². The quantitative estimate of drug-likeness (QED) is 0.478. The van der Waals surface area contributed by atoms with Gasteiger partial charge in [0.15, 0.2) is 0 Å². The number of nitriles is 1. The molecule has 0 saturated carbocycles. The van der Waals surface area contributed by atoms with Crippen LogP contribution < -0.4 is 5.73 Å². The van der Waals surface area contributed by atoms with E-state index in [-0.39, 0.29) is 5.71 Å². The molecule has 0 aromatic heterocycles. The molecule has 0 spiro atoms. The molecule has 0 aliphatic carbocycles. The van der Waals surface area contributed by atoms with Gasteiger partial charge in [-0.3, -0.25) is 5.41 Å². The Morgan fingerprint density at radius 2 is 2.38 bits per heavy atom. The summed E-state index contributed by atoms with van der Waals surface area (Å²) in [6.45, 7) is 1.63. The molecule has 0 amide bonds. The van der Waals surface area contributed by atoms with E-state index >= 15 is 0 Å². The number of hydrogen-bond donors (Lipinski definition) is 2. The van der Waals surface area contributed by atoms with Crippen molar-refractivity contribution in [3.05, 3.63) is 11.8 Å². The third kappa shape index (κ3) is 2.91. The van der Waals surface area contributed by atoms with Gasteiger partial charge >= 0.3 is 0 Å². The summed E-state index contributed by atoms with van der Waals surface area (Å²) in [7, 11) is 0. The summed E-state index contributed by atoms with van der Waals surface area (Å²) in [6, 6.07) is 1.62. The normalized spacial score (nSPS) is 10.2. The van der Waals surface area contributed by atoms with E-state index in [0.29, 0.717) is 5.70 Å². The van der Waals surface area contributed by atoms with Crippen LogP contribution in [0.25, 0.3) is 0 Å². The van der Waals surface area contributed by atoms with Crippen molar-refractivity contribution in [1.29, 1.82) is 10.7 Å². The van der Waals surface area contributed by atoms with E-state index < -0.39 is 0 Å². The molecule has 0 radical (unpaired) electrons. The number of nitrogens with zero attached hydrogens (tertiary/aromatic N) is 1. The third-order valence-electron chi connectivity index (χ3n) is 0.492. The lowest BCUT2D eigenvalue weighted by molar-refractivity contribution is 1.32. The number of nitrogens with two attached hydrogens (primary N) is 1. The summed E-state index contributed by atoms with van der Waals surface area (Å²) < 4.78 is 0. The Kier molecular flexibility index (Phi) is 2.35. The van der Waals surface area contributed by atoms with Crippen molar-refractivity contribution in [3.63, 3.8) is 0 Å². The van der Waals surface area contributed by atoms with Crippen molar-refractivity contribution in [2.75, 3.05) is 0 Å². The molecule has 3 nitrogen and oxygen atoms in total. The molecule has 0 fully saturated rings. The highest BCUT2D eigenvalue weighted by atomic mass is 14.6. The van der Waals surface area contributed by atoms with Crippen LogP contribution in [-0.2, 0) is 0 Å². The van der Waals surface area contributed by atoms with E-state index in [1.54, 1.807) is 13.0 Å². The molecule has 0 rings (SSSR count). The first-order valence-corrected chi connectivity index (χ1v) is 2.09. The van der Waals surface area contributed by atoms with E-state index in [9.17, 15) is 0 Å². The Balaban J connectivity index is 3.95. The zero-order chi connectivity index (χ0) is 6.57. The standard InChI is InChI=1S/C5H7N3/c1-4(7)2-5(8)3-6/h2,8H,7H2,1H3/b4-2+,8-5?. The molecule has 42 valence electrons. The van der Waals surface area contributed by atoms with Gasteiger partial charge in [-0.05, 0) is 13.0 Å². The molecule has 0 aliphatic rings. The first kappa shape index (κ1) is 6.70. The molecular weight excluding hydrogens is 102 g/mol. The fraction of sp³-hybridized carbons (Fsp3) is 0.200. The number of allylic oxidation sites excluding steroid dienone is 2. The van der Waals surface area contributed by atoms with E-state index in [2.05, 4.69) is 0 Å². The monoisotopic (exact) mass is 109 g/mol. The maximum Gasteiger partial charge on any atom is 0.133 e. The maximum absolute atomic E-state index is 8.01. The zero-order valence-corrected chi connectivity index (χ0v) is 4.60. The average Bonchev–Trinajstić information content (AvgIpc) is 1.65. The lowest BCUT2D eigenvalue weighted by atomic mass is 10.3. The highest BCUT2D eigenvalue weighted by Crippen LogP contribution is 1.79. The predicted molar refractivity (Wildman–Crippen MR) is 31.3 cm³/mol. The van der Waals surface area contributed by atoms with Gasteiger partial charge in [0.05, 0.1) is 0 Å². The zero-order valence-electron chi connectivity index (χ0n) is 4.60. The highest BCUT2D eigenvalue weighted by molar-refractivity contribution is 6.04. The van der Waals surface area contributed by atoms with Crippen molar-refractivity contribution in [2.45, 2.75) is 6.92 Å². The number of nitrogens with one attached hydrogen (secondary N) is 1. The minimum Gasteiger partial charge on any atom is -0.402 e. The smallest absolute Gasteiger partial charge is 0.133 e. The molecule has 0 aliphatic heterocycles. The summed E-state index contributed by atoms with van der Waals surface area (Å²) in [4.78, 5) is 0. The van der Waals surface area contributed by atoms with E-state index in [1.165, 1.54) is 6.08 Å². The van der Waals surface area contributed by atoms with Gasteiger partial charge in [0.25, 0.3) is 0 Å². The molecule has 3 heteroatoms. The minimum atomic E-state index is -0.106. The third-order valence-corrected chi connectivity index (χ3v) is 0.492. The fourth-order valence-corrected chi connectivity index (χ4v) is 0.260. The summed E-state index contributed by atoms with van der Waals surface area (Å²) in [5.74, 6) is 0. The Morgan fingerprint density at radius 3 is 2.50 bits per heavy atom. The van der Waals surface area contributed by atoms with Crippen LogP contribution in [0.4, 0.5) is 0 Å². The minimum absolute atomic E-state index is 0.106. The van der Waals surface area contributed by atoms with Gasteiger partial charge in [0.2, 0.25) is 0 Å². The fourth-order valence-electron chi connectivity index (χ4n) is 0.260. The summed E-state index contributed by atoms with van der Waals surface area (Å²) in [5, 5.41) is 14.8. The van der Waals surface area contributed by atoms with Crippen LogP contribution in [0.5, 0.6) is 0 Å². The molecular formula is C5H7N3. The maximum atomic E-state index is 8.01. The van der Waals surface area contributed by atoms with E-state index in [0.717, 1.165) is 0 Å². The number of hydrogen-bond acceptors (Lipinski definition) is 3. The van der Waals surface area contributed by atoms with Crippen molar-refractivity contribution in [3.8, 4) is 6.07 Å². The molecule has 3 N–H and O–H groups in total. The molecule has 0 heterocycles. The lowest BCUT2D eigenvalue weighted by Gasteiger charge is -1.82. The van der Waals surface area contributed by atoms with Gasteiger partial charge in [-0.15, -0.1) is 0 Å². The van der Waals surface area contributed by atoms with Gasteiger partial charge in [-0.25, -0.2) is 0 Å². The molecule has 0 unspecified atom stereocenters. The van der Waals surface area contributed by atoms with Gasteiger partial charge in [-0.1, -0.05) is 0 Å². The summed E-state index contributed by atoms with van der Waals surface area (Å²) in [6.07, 6.45) is 1.31. The van der Waals surface area contributed by atoms with Gasteiger partial charge < -0.3 is 5.73 Å². The molecule has 8 heavy (non-hydrogen) atoms. The molecule has 0 saturated heterocycles. The van der Waals surface area contributed by atoms with Crippen LogP contribution in [0, 0.1) is 16.7 Å². The first-order chi connectivity index (χ1) is 3.66. The first-order valence-electron chi connectivity index (χ1n) is 2.09. The van der Waals surface area contributed by atoms with Gasteiger partial charge in [0, 0.05) is 5.70 Å². The van der Waals surface area contributed by atoms with Crippen molar-refractivity contribution in [1.82, 2.24) is 0 Å². The second kappa shape index (κ2) is 2.80. The molecule has 0 bridgehead atoms. The van der Waals surface area contributed by atoms with Crippen LogP contribution >= 0.6 is 0 Å². The second-order valence-electron chi connectivity index (χ2n) is 1.41. The number of rotatable bonds is 1. The lowest BCUT2D eigenvalue weighted by Crippen LogP contribution is -1.94. The van der Waals surface area contributed by atoms with Crippen LogP contribution in [0.15, 0.2) is 11.8 Å². The molecule has 0 aromatic carbocycles. The van der Waals surface area contributed by atoms with Crippen LogP contribution in [0.1, 0.15) is 6.92 Å². The van der Waals surface area contributed by atoms with Crippen LogP contribution in [0.2, 0.25) is 0 Å². The van der Waals surface area contributed by atoms with Crippen molar-refractivity contribution >= 4 is 5.71 Å². The van der Waals surface area contributed by atoms with E-state index in [1.807, 2.05) is 0 Å². The largest absolute Gasteiger partial charge is 0.402 e. The average molecular weight is 109 g/mol. The van der Waals surface area contributed by atoms with Gasteiger partial charge in [0.1, 0.15) is 11.8 Å². The molecule has 0 atom stereocenters. The Morgan fingerprint density at radius 1 is 1.88 bits per heavy atom. The SMILES string of the molecule is C/C(N)=C\C(=N)C#N. The van der Waals surface area contributed by atoms with Gasteiger partial charge in [-0.2, -0.15) is 5.26 Å². The summed E-state index contributed by atoms with van der Waals surface area (Å²) >= 11 is 0. The Hall–Kier alpha value is -1.30. The highest BCUT2D eigenvalue weighted by Gasteiger charge is 1.83. The van der Waals surface area contributed by atoms with Crippen molar-refractivity contribution < 1.29 is 0 Å². The topological polar surface area (TPSA) is 73.7 Å². The second-order valence-corrected chi connectivity index (χ2v) is 1.41.